The molecule has 1 N–H and O–H groups in total. The minimum Gasteiger partial charge on any atom is -0.309 e. The zero-order valence-electron chi connectivity index (χ0n) is 12.6. The molecule has 0 aromatic heterocycles. The standard InChI is InChI=1S/C16H23BrFNS2/c1-3-7-19-15(12-10-11(17)5-6-13(12)18)16-14(4-2)20-8-9-21-16/h5-6,10,14-16,19H,3-4,7-9H2,1-2H3. The van der Waals surface area contributed by atoms with E-state index in [9.17, 15) is 4.39 Å². The lowest BCUT2D eigenvalue weighted by atomic mass is 9.99. The van der Waals surface area contributed by atoms with Crippen LogP contribution in [0.5, 0.6) is 0 Å². The van der Waals surface area contributed by atoms with Crippen molar-refractivity contribution in [3.8, 4) is 0 Å². The Morgan fingerprint density at radius 3 is 2.81 bits per heavy atom. The molecule has 1 aromatic rings. The van der Waals surface area contributed by atoms with Crippen molar-refractivity contribution in [3.05, 3.63) is 34.1 Å². The van der Waals surface area contributed by atoms with Crippen molar-refractivity contribution in [3.63, 3.8) is 0 Å². The molecular formula is C16H23BrFNS2. The van der Waals surface area contributed by atoms with E-state index < -0.39 is 0 Å². The van der Waals surface area contributed by atoms with Gasteiger partial charge in [0, 0.05) is 38.1 Å². The zero-order valence-corrected chi connectivity index (χ0v) is 15.8. The van der Waals surface area contributed by atoms with E-state index in [1.807, 2.05) is 29.6 Å². The van der Waals surface area contributed by atoms with Crippen LogP contribution in [0.2, 0.25) is 0 Å². The van der Waals surface area contributed by atoms with Crippen LogP contribution in [0.4, 0.5) is 4.39 Å². The molecule has 1 aliphatic rings. The highest BCUT2D eigenvalue weighted by Crippen LogP contribution is 2.41. The van der Waals surface area contributed by atoms with Crippen molar-refractivity contribution < 1.29 is 4.39 Å². The lowest BCUT2D eigenvalue weighted by Gasteiger charge is -2.37. The van der Waals surface area contributed by atoms with Crippen molar-refractivity contribution in [1.29, 1.82) is 0 Å². The van der Waals surface area contributed by atoms with E-state index in [1.165, 1.54) is 5.75 Å². The molecule has 0 aliphatic carbocycles. The van der Waals surface area contributed by atoms with Gasteiger partial charge < -0.3 is 5.32 Å². The van der Waals surface area contributed by atoms with Crippen LogP contribution >= 0.6 is 39.5 Å². The fourth-order valence-corrected chi connectivity index (χ4v) is 6.32. The topological polar surface area (TPSA) is 12.0 Å². The second kappa shape index (κ2) is 8.80. The molecular weight excluding hydrogens is 369 g/mol. The Bertz CT molecular complexity index is 458. The molecule has 0 radical (unpaired) electrons. The second-order valence-electron chi connectivity index (χ2n) is 5.25. The van der Waals surface area contributed by atoms with Crippen LogP contribution < -0.4 is 5.32 Å². The number of hydrogen-bond donors (Lipinski definition) is 1. The van der Waals surface area contributed by atoms with Crippen LogP contribution in [0.15, 0.2) is 22.7 Å². The lowest BCUT2D eigenvalue weighted by Crippen LogP contribution is -2.39. The van der Waals surface area contributed by atoms with Gasteiger partial charge in [-0.1, -0.05) is 29.8 Å². The highest BCUT2D eigenvalue weighted by atomic mass is 79.9. The van der Waals surface area contributed by atoms with Gasteiger partial charge >= 0.3 is 0 Å². The number of halogens is 2. The molecule has 5 heteroatoms. The SMILES string of the molecule is CCCNC(c1cc(Br)ccc1F)C1SCCSC1CC. The Morgan fingerprint density at radius 1 is 1.33 bits per heavy atom. The van der Waals surface area contributed by atoms with Gasteiger partial charge in [-0.05, 0) is 37.6 Å². The van der Waals surface area contributed by atoms with E-state index >= 15 is 0 Å². The van der Waals surface area contributed by atoms with Crippen LogP contribution in [0.3, 0.4) is 0 Å². The van der Waals surface area contributed by atoms with E-state index in [1.54, 1.807) is 12.1 Å². The number of nitrogens with one attached hydrogen (secondary N) is 1. The number of thioether (sulfide) groups is 2. The Kier molecular flexibility index (Phi) is 7.39. The van der Waals surface area contributed by atoms with Gasteiger partial charge in [-0.3, -0.25) is 0 Å². The zero-order chi connectivity index (χ0) is 15.2. The maximum absolute atomic E-state index is 14.4. The largest absolute Gasteiger partial charge is 0.309 e. The van der Waals surface area contributed by atoms with Crippen molar-refractivity contribution in [2.24, 2.45) is 0 Å². The van der Waals surface area contributed by atoms with Crippen molar-refractivity contribution in [1.82, 2.24) is 5.32 Å². The average Bonchev–Trinajstić information content (AvgIpc) is 2.51. The Balaban J connectivity index is 2.30. The molecule has 0 spiro atoms. The van der Waals surface area contributed by atoms with Gasteiger partial charge in [0.2, 0.25) is 0 Å². The average molecular weight is 392 g/mol. The summed E-state index contributed by atoms with van der Waals surface area (Å²) in [6.45, 7) is 5.32. The molecule has 3 atom stereocenters. The van der Waals surface area contributed by atoms with Crippen molar-refractivity contribution in [2.45, 2.75) is 43.2 Å². The summed E-state index contributed by atoms with van der Waals surface area (Å²) in [5.41, 5.74) is 0.802. The minimum atomic E-state index is -0.0992. The van der Waals surface area contributed by atoms with Gasteiger partial charge in [-0.25, -0.2) is 4.39 Å². The molecule has 1 fully saturated rings. The molecule has 1 saturated heterocycles. The van der Waals surface area contributed by atoms with E-state index in [2.05, 4.69) is 35.1 Å². The Labute approximate surface area is 144 Å². The van der Waals surface area contributed by atoms with Crippen LogP contribution in [0, 0.1) is 5.82 Å². The predicted octanol–water partition coefficient (Wildman–Crippen LogP) is 5.26. The second-order valence-corrected chi connectivity index (χ2v) is 8.80. The quantitative estimate of drug-likeness (QED) is 0.710. The molecule has 3 unspecified atom stereocenters. The molecule has 1 aromatic carbocycles. The normalized spacial score (nSPS) is 24.0. The van der Waals surface area contributed by atoms with Crippen molar-refractivity contribution in [2.75, 3.05) is 18.1 Å². The van der Waals surface area contributed by atoms with Gasteiger partial charge in [0.15, 0.2) is 0 Å². The summed E-state index contributed by atoms with van der Waals surface area (Å²) in [4.78, 5) is 0. The van der Waals surface area contributed by atoms with E-state index in [4.69, 9.17) is 0 Å². The third-order valence-corrected chi connectivity index (χ3v) is 7.57. The van der Waals surface area contributed by atoms with Crippen LogP contribution in [-0.2, 0) is 0 Å². The third kappa shape index (κ3) is 4.63. The van der Waals surface area contributed by atoms with Gasteiger partial charge in [-0.15, -0.1) is 0 Å². The smallest absolute Gasteiger partial charge is 0.128 e. The summed E-state index contributed by atoms with van der Waals surface area (Å²) in [7, 11) is 0. The first-order valence-electron chi connectivity index (χ1n) is 7.58. The summed E-state index contributed by atoms with van der Waals surface area (Å²) in [5, 5.41) is 4.62. The maximum atomic E-state index is 14.4. The molecule has 1 heterocycles. The van der Waals surface area contributed by atoms with Gasteiger partial charge in [0.05, 0.1) is 0 Å². The molecule has 1 aliphatic heterocycles. The molecule has 0 saturated carbocycles. The highest BCUT2D eigenvalue weighted by molar-refractivity contribution is 9.10. The summed E-state index contributed by atoms with van der Waals surface area (Å²) in [5.74, 6) is 2.27. The van der Waals surface area contributed by atoms with Gasteiger partial charge in [-0.2, -0.15) is 23.5 Å². The number of rotatable bonds is 6. The van der Waals surface area contributed by atoms with Crippen LogP contribution in [-0.4, -0.2) is 28.6 Å². The fourth-order valence-electron chi connectivity index (χ4n) is 2.70. The molecule has 1 nitrogen and oxygen atoms in total. The predicted molar refractivity (Wildman–Crippen MR) is 97.9 cm³/mol. The lowest BCUT2D eigenvalue weighted by molar-refractivity contribution is 0.473. The third-order valence-electron chi connectivity index (χ3n) is 3.73. The van der Waals surface area contributed by atoms with Gasteiger partial charge in [0.1, 0.15) is 5.82 Å². The highest BCUT2D eigenvalue weighted by Gasteiger charge is 2.34. The first kappa shape index (κ1) is 17.6. The summed E-state index contributed by atoms with van der Waals surface area (Å²) in [6, 6.07) is 5.37. The molecule has 118 valence electrons. The number of hydrogen-bond acceptors (Lipinski definition) is 3. The molecule has 0 amide bonds. The molecule has 2 rings (SSSR count). The Morgan fingerprint density at radius 2 is 2.10 bits per heavy atom. The fraction of sp³-hybridized carbons (Fsp3) is 0.625. The van der Waals surface area contributed by atoms with E-state index in [0.29, 0.717) is 10.5 Å². The first-order valence-corrected chi connectivity index (χ1v) is 10.5. The summed E-state index contributed by atoms with van der Waals surface area (Å²) >= 11 is 7.52. The minimum absolute atomic E-state index is 0.0881. The molecule has 0 bridgehead atoms. The number of benzene rings is 1. The first-order chi connectivity index (χ1) is 10.2. The van der Waals surface area contributed by atoms with E-state index in [-0.39, 0.29) is 11.9 Å². The van der Waals surface area contributed by atoms with Gasteiger partial charge in [0.25, 0.3) is 0 Å². The van der Waals surface area contributed by atoms with Crippen LogP contribution in [0.25, 0.3) is 0 Å². The Hall–Kier alpha value is 0.290. The maximum Gasteiger partial charge on any atom is 0.128 e. The summed E-state index contributed by atoms with van der Waals surface area (Å²) in [6.07, 6.45) is 2.20. The summed E-state index contributed by atoms with van der Waals surface area (Å²) < 4.78 is 15.3. The monoisotopic (exact) mass is 391 g/mol. The van der Waals surface area contributed by atoms with Crippen LogP contribution in [0.1, 0.15) is 38.3 Å². The molecule has 21 heavy (non-hydrogen) atoms. The van der Waals surface area contributed by atoms with E-state index in [0.717, 1.165) is 35.2 Å². The van der Waals surface area contributed by atoms with Crippen molar-refractivity contribution >= 4 is 39.5 Å².